The Morgan fingerprint density at radius 1 is 0.739 bits per heavy atom. The highest BCUT2D eigenvalue weighted by Crippen LogP contribution is 2.37. The van der Waals surface area contributed by atoms with Gasteiger partial charge in [-0.25, -0.2) is 0 Å². The molecule has 46 heavy (non-hydrogen) atoms. The Morgan fingerprint density at radius 3 is 2.02 bits per heavy atom. The maximum absolute atomic E-state index is 13.7. The summed E-state index contributed by atoms with van der Waals surface area (Å²) in [4.78, 5) is 42.8. The fourth-order valence-corrected chi connectivity index (χ4v) is 6.21. The Hall–Kier alpha value is -5.40. The van der Waals surface area contributed by atoms with E-state index < -0.39 is 5.91 Å². The molecule has 1 heterocycles. The predicted octanol–water partition coefficient (Wildman–Crippen LogP) is 7.96. The number of amides is 3. The van der Waals surface area contributed by atoms with Gasteiger partial charge >= 0.3 is 0 Å². The van der Waals surface area contributed by atoms with Gasteiger partial charge in [0.05, 0.1) is 17.1 Å². The van der Waals surface area contributed by atoms with Crippen LogP contribution in [0, 0.1) is 6.92 Å². The minimum atomic E-state index is -0.445. The van der Waals surface area contributed by atoms with Crippen LogP contribution in [-0.2, 0) is 22.4 Å². The van der Waals surface area contributed by atoms with Crippen molar-refractivity contribution in [1.82, 2.24) is 5.32 Å². The lowest BCUT2D eigenvalue weighted by Gasteiger charge is -2.25. The van der Waals surface area contributed by atoms with Gasteiger partial charge in [0.25, 0.3) is 11.8 Å². The molecule has 0 spiro atoms. The molecule has 5 aromatic rings. The van der Waals surface area contributed by atoms with Crippen molar-refractivity contribution < 1.29 is 14.4 Å². The molecule has 7 heteroatoms. The van der Waals surface area contributed by atoms with E-state index in [4.69, 9.17) is 0 Å². The van der Waals surface area contributed by atoms with Gasteiger partial charge in [0, 0.05) is 16.1 Å². The number of nitrogens with one attached hydrogen (secondary N) is 2. The molecule has 1 aliphatic rings. The molecule has 228 valence electrons. The van der Waals surface area contributed by atoms with Crippen LogP contribution in [0.1, 0.15) is 32.6 Å². The lowest BCUT2D eigenvalue weighted by atomic mass is 10.0. The first-order chi connectivity index (χ1) is 22.4. The molecule has 0 unspecified atom stereocenters. The molecule has 1 aliphatic heterocycles. The Bertz CT molecular complexity index is 1870. The van der Waals surface area contributed by atoms with Crippen molar-refractivity contribution >= 4 is 52.6 Å². The topological polar surface area (TPSA) is 78.5 Å². The number of carbonyl (C=O) groups excluding carboxylic acids is 3. The summed E-state index contributed by atoms with van der Waals surface area (Å²) in [7, 11) is 0. The van der Waals surface area contributed by atoms with Gasteiger partial charge in [0.1, 0.15) is 5.70 Å². The normalized spacial score (nSPS) is 12.4. The van der Waals surface area contributed by atoms with Crippen LogP contribution < -0.4 is 15.5 Å². The largest absolute Gasteiger partial charge is 0.321 e. The fourth-order valence-electron chi connectivity index (χ4n) is 5.46. The molecule has 0 atom stereocenters. The van der Waals surface area contributed by atoms with Gasteiger partial charge in [-0.05, 0) is 91.1 Å². The minimum Gasteiger partial charge on any atom is -0.321 e. The van der Waals surface area contributed by atoms with Crippen LogP contribution in [0.2, 0.25) is 0 Å². The highest BCUT2D eigenvalue weighted by molar-refractivity contribution is 8.00. The molecule has 0 saturated carbocycles. The second-order valence-corrected chi connectivity index (χ2v) is 12.1. The molecule has 0 aliphatic carbocycles. The highest BCUT2D eigenvalue weighted by Gasteiger charge is 2.25. The number of hydrogen-bond acceptors (Lipinski definition) is 4. The summed E-state index contributed by atoms with van der Waals surface area (Å²) >= 11 is 1.45. The summed E-state index contributed by atoms with van der Waals surface area (Å²) in [6.07, 6.45) is 3.43. The summed E-state index contributed by atoms with van der Waals surface area (Å²) in [5, 5.41) is 5.68. The van der Waals surface area contributed by atoms with Crippen molar-refractivity contribution in [3.63, 3.8) is 0 Å². The van der Waals surface area contributed by atoms with Gasteiger partial charge in [0.15, 0.2) is 0 Å². The summed E-state index contributed by atoms with van der Waals surface area (Å²) < 4.78 is 0. The van der Waals surface area contributed by atoms with Crippen molar-refractivity contribution in [3.05, 3.63) is 161 Å². The number of nitrogens with zero attached hydrogens (tertiary/aromatic N) is 1. The Labute approximate surface area is 273 Å². The molecule has 6 rings (SSSR count). The Balaban J connectivity index is 1.15. The minimum absolute atomic E-state index is 0.00395. The second kappa shape index (κ2) is 14.1. The Morgan fingerprint density at radius 2 is 1.37 bits per heavy atom. The first kappa shape index (κ1) is 30.6. The lowest BCUT2D eigenvalue weighted by Crippen LogP contribution is -2.30. The van der Waals surface area contributed by atoms with Crippen molar-refractivity contribution in [2.45, 2.75) is 24.7 Å². The molecule has 3 amide bonds. The number of para-hydroxylation sites is 2. The van der Waals surface area contributed by atoms with E-state index in [9.17, 15) is 14.4 Å². The van der Waals surface area contributed by atoms with Crippen LogP contribution >= 0.6 is 11.8 Å². The molecule has 0 aromatic heterocycles. The van der Waals surface area contributed by atoms with Gasteiger partial charge in [-0.3, -0.25) is 19.3 Å². The van der Waals surface area contributed by atoms with Crippen LogP contribution in [0.25, 0.3) is 6.08 Å². The van der Waals surface area contributed by atoms with E-state index in [0.717, 1.165) is 51.4 Å². The summed E-state index contributed by atoms with van der Waals surface area (Å²) in [5.41, 5.74) is 7.18. The van der Waals surface area contributed by atoms with Gasteiger partial charge in [-0.1, -0.05) is 84.4 Å². The third-order valence-electron chi connectivity index (χ3n) is 7.73. The standard InChI is InChI=1S/C39H33N3O3S/c1-27-10-9-11-28(24-27)25-34(41-38(44)31-14-3-2-4-15-31)39(45)40-32-20-22-33(23-21-32)46-26-37(43)42-35-16-7-5-12-29(35)18-19-30-13-6-8-17-36(30)42/h2-17,20-25H,18-19,26H2,1H3,(H,40,45)(H,41,44)/b34-25-. The third kappa shape index (κ3) is 7.28. The second-order valence-electron chi connectivity index (χ2n) is 11.0. The number of fused-ring (bicyclic) bond motifs is 2. The molecular formula is C39H33N3O3S. The van der Waals surface area contributed by atoms with Crippen LogP contribution in [0.4, 0.5) is 17.1 Å². The number of aryl methyl sites for hydroxylation is 3. The van der Waals surface area contributed by atoms with E-state index in [1.54, 1.807) is 42.5 Å². The summed E-state index contributed by atoms with van der Waals surface area (Å²) in [6.45, 7) is 1.97. The van der Waals surface area contributed by atoms with Gasteiger partial charge in [-0.2, -0.15) is 0 Å². The number of hydrogen-bond donors (Lipinski definition) is 2. The summed E-state index contributed by atoms with van der Waals surface area (Å²) in [6, 6.07) is 40.0. The summed E-state index contributed by atoms with van der Waals surface area (Å²) in [5.74, 6) is -0.562. The number of rotatable bonds is 8. The maximum Gasteiger partial charge on any atom is 0.272 e. The van der Waals surface area contributed by atoms with Gasteiger partial charge < -0.3 is 10.6 Å². The molecule has 0 fully saturated rings. The maximum atomic E-state index is 13.7. The number of anilines is 3. The average molecular weight is 624 g/mol. The van der Waals surface area contributed by atoms with E-state index in [1.165, 1.54) is 11.8 Å². The monoisotopic (exact) mass is 623 g/mol. The molecule has 0 radical (unpaired) electrons. The zero-order chi connectivity index (χ0) is 31.9. The van der Waals surface area contributed by atoms with E-state index in [1.807, 2.05) is 90.7 Å². The molecule has 2 N–H and O–H groups in total. The van der Waals surface area contributed by atoms with E-state index in [-0.39, 0.29) is 23.3 Å². The molecular weight excluding hydrogens is 591 g/mol. The van der Waals surface area contributed by atoms with Crippen molar-refractivity contribution in [1.29, 1.82) is 0 Å². The van der Waals surface area contributed by atoms with Crippen molar-refractivity contribution in [3.8, 4) is 0 Å². The quantitative estimate of drug-likeness (QED) is 0.136. The van der Waals surface area contributed by atoms with Crippen LogP contribution in [0.5, 0.6) is 0 Å². The molecule has 6 nitrogen and oxygen atoms in total. The lowest BCUT2D eigenvalue weighted by molar-refractivity contribution is -0.115. The third-order valence-corrected chi connectivity index (χ3v) is 8.73. The van der Waals surface area contributed by atoms with Crippen molar-refractivity contribution in [2.75, 3.05) is 16.0 Å². The first-order valence-corrected chi connectivity index (χ1v) is 16.1. The first-order valence-electron chi connectivity index (χ1n) is 15.1. The fraction of sp³-hybridized carbons (Fsp3) is 0.103. The van der Waals surface area contributed by atoms with E-state index in [2.05, 4.69) is 22.8 Å². The predicted molar refractivity (Wildman–Crippen MR) is 186 cm³/mol. The number of carbonyl (C=O) groups is 3. The molecule has 0 bridgehead atoms. The van der Waals surface area contributed by atoms with Crippen LogP contribution in [0.3, 0.4) is 0 Å². The number of benzene rings is 5. The zero-order valence-electron chi connectivity index (χ0n) is 25.4. The van der Waals surface area contributed by atoms with Crippen molar-refractivity contribution in [2.24, 2.45) is 0 Å². The van der Waals surface area contributed by atoms with Gasteiger partial charge in [0.2, 0.25) is 5.91 Å². The molecule has 0 saturated heterocycles. The zero-order valence-corrected chi connectivity index (χ0v) is 26.2. The Kier molecular flexibility index (Phi) is 9.41. The number of thioether (sulfide) groups is 1. The van der Waals surface area contributed by atoms with E-state index in [0.29, 0.717) is 11.3 Å². The molecule has 5 aromatic carbocycles. The SMILES string of the molecule is Cc1cccc(/C=C(\NC(=O)c2ccccc2)C(=O)Nc2ccc(SCC(=O)N3c4ccccc4CCc4ccccc43)cc2)c1. The van der Waals surface area contributed by atoms with Crippen LogP contribution in [-0.4, -0.2) is 23.5 Å². The average Bonchev–Trinajstić information content (AvgIpc) is 3.25. The van der Waals surface area contributed by atoms with E-state index >= 15 is 0 Å². The van der Waals surface area contributed by atoms with Gasteiger partial charge in [-0.15, -0.1) is 11.8 Å². The highest BCUT2D eigenvalue weighted by atomic mass is 32.2. The smallest absolute Gasteiger partial charge is 0.272 e. The van der Waals surface area contributed by atoms with Crippen LogP contribution in [0.15, 0.2) is 138 Å².